The van der Waals surface area contributed by atoms with Gasteiger partial charge in [-0.3, -0.25) is 9.69 Å². The van der Waals surface area contributed by atoms with Gasteiger partial charge in [-0.05, 0) is 79.3 Å². The number of fused-ring (bicyclic) bond motifs is 1. The molecule has 1 atom stereocenters. The Morgan fingerprint density at radius 2 is 1.77 bits per heavy atom. The van der Waals surface area contributed by atoms with E-state index in [9.17, 15) is 9.90 Å². The summed E-state index contributed by atoms with van der Waals surface area (Å²) >= 11 is 0. The van der Waals surface area contributed by atoms with Gasteiger partial charge < -0.3 is 9.84 Å². The van der Waals surface area contributed by atoms with Gasteiger partial charge in [-0.15, -0.1) is 0 Å². The maximum atomic E-state index is 11.4. The Balaban J connectivity index is 1.58. The van der Waals surface area contributed by atoms with Crippen LogP contribution in [0.15, 0.2) is 30.3 Å². The summed E-state index contributed by atoms with van der Waals surface area (Å²) in [6.07, 6.45) is 5.66. The Morgan fingerprint density at radius 1 is 1.10 bits per heavy atom. The second-order valence-electron chi connectivity index (χ2n) is 10.7. The third-order valence-corrected chi connectivity index (χ3v) is 7.52. The zero-order chi connectivity index (χ0) is 22.2. The predicted octanol–water partition coefficient (Wildman–Crippen LogP) is 6.04. The number of carbonyl (C=O) groups is 1. The van der Waals surface area contributed by atoms with E-state index in [1.807, 2.05) is 0 Å². The summed E-state index contributed by atoms with van der Waals surface area (Å²) in [5.74, 6) is 0.828. The van der Waals surface area contributed by atoms with Gasteiger partial charge in [-0.25, -0.2) is 0 Å². The highest BCUT2D eigenvalue weighted by Gasteiger charge is 2.32. The maximum absolute atomic E-state index is 11.4. The molecule has 31 heavy (non-hydrogen) atoms. The Morgan fingerprint density at radius 3 is 2.39 bits per heavy atom. The molecule has 2 aromatic carbocycles. The standard InChI is InChI=1S/C27H37NO3/c1-18-15-25(31-21-11-9-20(10-12-21)27(2,3)4)24(23-8-6-5-7-22(18)23)17-28-14-13-19(16-28)26(29)30/h5-8,15,19-21H,9-14,16-17H2,1-4H3,(H,29,30)/t19-,20-,21-/m1/s1. The van der Waals surface area contributed by atoms with E-state index in [1.165, 1.54) is 34.7 Å². The number of hydrogen-bond donors (Lipinski definition) is 1. The number of hydrogen-bond acceptors (Lipinski definition) is 3. The van der Waals surface area contributed by atoms with Crippen molar-refractivity contribution in [1.82, 2.24) is 4.90 Å². The van der Waals surface area contributed by atoms with Gasteiger partial charge in [0.15, 0.2) is 0 Å². The molecule has 0 radical (unpaired) electrons. The van der Waals surface area contributed by atoms with E-state index >= 15 is 0 Å². The normalized spacial score (nSPS) is 25.1. The number of likely N-dealkylation sites (tertiary alicyclic amines) is 1. The second kappa shape index (κ2) is 8.82. The van der Waals surface area contributed by atoms with Crippen LogP contribution in [0.25, 0.3) is 10.8 Å². The summed E-state index contributed by atoms with van der Waals surface area (Å²) in [4.78, 5) is 13.7. The molecule has 168 valence electrons. The summed E-state index contributed by atoms with van der Waals surface area (Å²) in [6.45, 7) is 11.4. The van der Waals surface area contributed by atoms with Crippen LogP contribution in [0.1, 0.15) is 64.0 Å². The quantitative estimate of drug-likeness (QED) is 0.637. The molecule has 2 aromatic rings. The van der Waals surface area contributed by atoms with Crippen LogP contribution < -0.4 is 4.74 Å². The van der Waals surface area contributed by atoms with Gasteiger partial charge in [0, 0.05) is 18.7 Å². The van der Waals surface area contributed by atoms with Gasteiger partial charge in [0.1, 0.15) is 5.75 Å². The fourth-order valence-electron chi connectivity index (χ4n) is 5.48. The molecule has 0 amide bonds. The average Bonchev–Trinajstić information content (AvgIpc) is 3.20. The van der Waals surface area contributed by atoms with E-state index < -0.39 is 5.97 Å². The average molecular weight is 424 g/mol. The first kappa shape index (κ1) is 22.1. The summed E-state index contributed by atoms with van der Waals surface area (Å²) in [5, 5.41) is 11.9. The van der Waals surface area contributed by atoms with Gasteiger partial charge in [0.2, 0.25) is 0 Å². The highest BCUT2D eigenvalue weighted by atomic mass is 16.5. The van der Waals surface area contributed by atoms with E-state index in [-0.39, 0.29) is 12.0 Å². The van der Waals surface area contributed by atoms with Crippen LogP contribution in [0.5, 0.6) is 5.75 Å². The lowest BCUT2D eigenvalue weighted by molar-refractivity contribution is -0.141. The van der Waals surface area contributed by atoms with Crippen LogP contribution in [0.4, 0.5) is 0 Å². The molecule has 0 spiro atoms. The van der Waals surface area contributed by atoms with Crippen LogP contribution in [0.2, 0.25) is 0 Å². The molecule has 1 saturated heterocycles. The van der Waals surface area contributed by atoms with Crippen LogP contribution in [-0.2, 0) is 11.3 Å². The van der Waals surface area contributed by atoms with Crippen molar-refractivity contribution >= 4 is 16.7 Å². The van der Waals surface area contributed by atoms with Crippen LogP contribution in [0.3, 0.4) is 0 Å². The molecule has 1 aliphatic heterocycles. The lowest BCUT2D eigenvalue weighted by Crippen LogP contribution is -2.31. The number of aliphatic carboxylic acids is 1. The first-order chi connectivity index (χ1) is 14.7. The van der Waals surface area contributed by atoms with Crippen LogP contribution >= 0.6 is 0 Å². The van der Waals surface area contributed by atoms with Crippen molar-refractivity contribution in [3.8, 4) is 5.75 Å². The monoisotopic (exact) mass is 423 g/mol. The summed E-state index contributed by atoms with van der Waals surface area (Å²) < 4.78 is 6.68. The molecule has 1 heterocycles. The topological polar surface area (TPSA) is 49.8 Å². The lowest BCUT2D eigenvalue weighted by atomic mass is 9.72. The SMILES string of the molecule is Cc1cc(O[C@H]2CC[C@H](C(C)(C)C)CC2)c(CN2CC[C@@H](C(=O)O)C2)c2ccccc12. The predicted molar refractivity (Wildman–Crippen MR) is 126 cm³/mol. The fraction of sp³-hybridized carbons (Fsp3) is 0.593. The smallest absolute Gasteiger partial charge is 0.307 e. The first-order valence-electron chi connectivity index (χ1n) is 11.9. The van der Waals surface area contributed by atoms with Crippen molar-refractivity contribution in [3.05, 3.63) is 41.5 Å². The van der Waals surface area contributed by atoms with E-state index in [4.69, 9.17) is 4.74 Å². The van der Waals surface area contributed by atoms with Gasteiger partial charge in [0.05, 0.1) is 12.0 Å². The zero-order valence-electron chi connectivity index (χ0n) is 19.5. The molecular weight excluding hydrogens is 386 g/mol. The first-order valence-corrected chi connectivity index (χ1v) is 11.9. The molecule has 4 heteroatoms. The van der Waals surface area contributed by atoms with Crippen molar-refractivity contribution < 1.29 is 14.6 Å². The van der Waals surface area contributed by atoms with E-state index in [0.29, 0.717) is 12.0 Å². The third kappa shape index (κ3) is 4.90. The molecule has 2 fully saturated rings. The Hall–Kier alpha value is -2.07. The van der Waals surface area contributed by atoms with Gasteiger partial charge >= 0.3 is 5.97 Å². The molecule has 4 nitrogen and oxygen atoms in total. The van der Waals surface area contributed by atoms with Crippen LogP contribution in [0, 0.1) is 24.2 Å². The fourth-order valence-corrected chi connectivity index (χ4v) is 5.48. The molecule has 2 aliphatic rings. The number of benzene rings is 2. The van der Waals surface area contributed by atoms with Crippen molar-refractivity contribution in [1.29, 1.82) is 0 Å². The number of carboxylic acids is 1. The van der Waals surface area contributed by atoms with Crippen LogP contribution in [-0.4, -0.2) is 35.2 Å². The Bertz CT molecular complexity index is 937. The summed E-state index contributed by atoms with van der Waals surface area (Å²) in [5.41, 5.74) is 2.82. The van der Waals surface area contributed by atoms with Gasteiger partial charge in [-0.2, -0.15) is 0 Å². The molecule has 4 rings (SSSR count). The second-order valence-corrected chi connectivity index (χ2v) is 10.7. The molecule has 0 unspecified atom stereocenters. The van der Waals surface area contributed by atoms with Crippen molar-refractivity contribution in [3.63, 3.8) is 0 Å². The molecule has 1 N–H and O–H groups in total. The van der Waals surface area contributed by atoms with Gasteiger partial charge in [-0.1, -0.05) is 45.0 Å². The molecule has 0 bridgehead atoms. The number of nitrogens with zero attached hydrogens (tertiary/aromatic N) is 1. The van der Waals surface area contributed by atoms with Crippen molar-refractivity contribution in [2.24, 2.45) is 17.3 Å². The number of ether oxygens (including phenoxy) is 1. The maximum Gasteiger partial charge on any atom is 0.307 e. The number of aryl methyl sites for hydroxylation is 1. The van der Waals surface area contributed by atoms with E-state index in [0.717, 1.165) is 44.0 Å². The van der Waals surface area contributed by atoms with Crippen molar-refractivity contribution in [2.75, 3.05) is 13.1 Å². The minimum absolute atomic E-state index is 0.256. The van der Waals surface area contributed by atoms with E-state index in [2.05, 4.69) is 62.9 Å². The zero-order valence-corrected chi connectivity index (χ0v) is 19.5. The minimum Gasteiger partial charge on any atom is -0.490 e. The Kier molecular flexibility index (Phi) is 6.30. The summed E-state index contributed by atoms with van der Waals surface area (Å²) in [7, 11) is 0. The molecule has 0 aromatic heterocycles. The summed E-state index contributed by atoms with van der Waals surface area (Å²) in [6, 6.07) is 10.7. The highest BCUT2D eigenvalue weighted by Crippen LogP contribution is 2.40. The molecule has 1 aliphatic carbocycles. The highest BCUT2D eigenvalue weighted by molar-refractivity contribution is 5.90. The van der Waals surface area contributed by atoms with Gasteiger partial charge in [0.25, 0.3) is 0 Å². The largest absolute Gasteiger partial charge is 0.490 e. The van der Waals surface area contributed by atoms with E-state index in [1.54, 1.807) is 0 Å². The van der Waals surface area contributed by atoms with Crippen molar-refractivity contribution in [2.45, 2.75) is 72.4 Å². The molecular formula is C27H37NO3. The minimum atomic E-state index is -0.677. The third-order valence-electron chi connectivity index (χ3n) is 7.52. The number of rotatable bonds is 5. The Labute approximate surface area is 186 Å². The lowest BCUT2D eigenvalue weighted by Gasteiger charge is -2.37. The molecule has 1 saturated carbocycles. The number of carboxylic acid groups (broad SMARTS) is 1.